The fourth-order valence-corrected chi connectivity index (χ4v) is 2.90. The number of nitrogens with zero attached hydrogens (tertiary/aromatic N) is 2. The number of nitrogens with one attached hydrogen (secondary N) is 2. The summed E-state index contributed by atoms with van der Waals surface area (Å²) in [6.45, 7) is 4.43. The Morgan fingerprint density at radius 3 is 2.62 bits per heavy atom. The Morgan fingerprint density at radius 1 is 1.10 bits per heavy atom. The van der Waals surface area contributed by atoms with Gasteiger partial charge in [0, 0.05) is 44.6 Å². The average molecular weight is 404 g/mol. The zero-order valence-electron chi connectivity index (χ0n) is 16.2. The Hall–Kier alpha value is -2.78. The Kier molecular flexibility index (Phi) is 7.71. The van der Waals surface area contributed by atoms with Gasteiger partial charge < -0.3 is 19.8 Å². The van der Waals surface area contributed by atoms with Crippen molar-refractivity contribution in [1.29, 1.82) is 0 Å². The first-order valence-corrected chi connectivity index (χ1v) is 9.64. The molecule has 0 saturated carbocycles. The number of hydrogen-bond acceptors (Lipinski definition) is 6. The summed E-state index contributed by atoms with van der Waals surface area (Å²) in [5, 5.41) is 5.38. The molecule has 1 saturated heterocycles. The summed E-state index contributed by atoms with van der Waals surface area (Å²) in [6, 6.07) is 5.89. The van der Waals surface area contributed by atoms with Crippen LogP contribution in [0, 0.1) is 5.82 Å². The smallest absolute Gasteiger partial charge is 0.239 e. The van der Waals surface area contributed by atoms with Crippen molar-refractivity contribution in [2.24, 2.45) is 0 Å². The van der Waals surface area contributed by atoms with E-state index in [1.54, 1.807) is 18.3 Å². The minimum atomic E-state index is -0.324. The number of oxazole rings is 1. The third-order valence-electron chi connectivity index (χ3n) is 4.55. The van der Waals surface area contributed by atoms with E-state index in [4.69, 9.17) is 9.15 Å². The second kappa shape index (κ2) is 10.7. The molecule has 29 heavy (non-hydrogen) atoms. The van der Waals surface area contributed by atoms with Gasteiger partial charge in [0.05, 0.1) is 26.0 Å². The number of hydrogen-bond donors (Lipinski definition) is 2. The molecule has 0 atom stereocenters. The van der Waals surface area contributed by atoms with Gasteiger partial charge in [-0.15, -0.1) is 0 Å². The summed E-state index contributed by atoms with van der Waals surface area (Å²) in [6.07, 6.45) is 2.01. The standard InChI is InChI=1S/C20H25FN4O4/c21-16-3-1-15(2-4-16)17-13-24-20(29-17)6-5-18(26)23-14-19(27)22-7-8-25-9-11-28-12-10-25/h1-4,13H,5-12,14H2,(H,22,27)(H,23,26). The number of amides is 2. The molecular formula is C20H25FN4O4. The van der Waals surface area contributed by atoms with E-state index in [1.807, 2.05) is 0 Å². The summed E-state index contributed by atoms with van der Waals surface area (Å²) in [5.41, 5.74) is 0.711. The summed E-state index contributed by atoms with van der Waals surface area (Å²) >= 11 is 0. The summed E-state index contributed by atoms with van der Waals surface area (Å²) in [7, 11) is 0. The number of morpholine rings is 1. The van der Waals surface area contributed by atoms with Crippen LogP contribution in [0.15, 0.2) is 34.9 Å². The molecule has 1 aromatic heterocycles. The molecule has 8 nitrogen and oxygen atoms in total. The molecule has 3 rings (SSSR count). The van der Waals surface area contributed by atoms with Gasteiger partial charge in [-0.1, -0.05) is 0 Å². The maximum atomic E-state index is 13.0. The lowest BCUT2D eigenvalue weighted by atomic mass is 10.2. The number of ether oxygens (including phenoxy) is 1. The van der Waals surface area contributed by atoms with Crippen molar-refractivity contribution in [3.63, 3.8) is 0 Å². The molecule has 1 aliphatic heterocycles. The van der Waals surface area contributed by atoms with Crippen molar-refractivity contribution in [3.05, 3.63) is 42.2 Å². The number of benzene rings is 1. The van der Waals surface area contributed by atoms with Crippen LogP contribution in [0.5, 0.6) is 0 Å². The topological polar surface area (TPSA) is 96.7 Å². The summed E-state index contributed by atoms with van der Waals surface area (Å²) in [4.78, 5) is 30.1. The maximum Gasteiger partial charge on any atom is 0.239 e. The van der Waals surface area contributed by atoms with Crippen molar-refractivity contribution in [2.45, 2.75) is 12.8 Å². The van der Waals surface area contributed by atoms with Gasteiger partial charge in [-0.25, -0.2) is 9.37 Å². The number of rotatable bonds is 9. The molecule has 1 aromatic carbocycles. The Labute approximate surface area is 168 Å². The van der Waals surface area contributed by atoms with Gasteiger partial charge in [0.15, 0.2) is 11.7 Å². The fourth-order valence-electron chi connectivity index (χ4n) is 2.90. The van der Waals surface area contributed by atoms with E-state index in [-0.39, 0.29) is 30.6 Å². The third kappa shape index (κ3) is 6.95. The first-order chi connectivity index (χ1) is 14.1. The predicted octanol–water partition coefficient (Wildman–Crippen LogP) is 0.978. The monoisotopic (exact) mass is 404 g/mol. The normalized spacial score (nSPS) is 14.5. The number of aryl methyl sites for hydroxylation is 1. The van der Waals surface area contributed by atoms with E-state index in [0.717, 1.165) is 32.8 Å². The van der Waals surface area contributed by atoms with Crippen LogP contribution >= 0.6 is 0 Å². The van der Waals surface area contributed by atoms with Crippen LogP contribution in [0.3, 0.4) is 0 Å². The largest absolute Gasteiger partial charge is 0.441 e. The highest BCUT2D eigenvalue weighted by molar-refractivity contribution is 5.84. The molecule has 1 fully saturated rings. The van der Waals surface area contributed by atoms with E-state index >= 15 is 0 Å². The molecule has 9 heteroatoms. The van der Waals surface area contributed by atoms with Gasteiger partial charge in [0.25, 0.3) is 0 Å². The third-order valence-corrected chi connectivity index (χ3v) is 4.55. The van der Waals surface area contributed by atoms with E-state index in [0.29, 0.717) is 30.2 Å². The average Bonchev–Trinajstić information content (AvgIpc) is 3.21. The second-order valence-electron chi connectivity index (χ2n) is 6.71. The van der Waals surface area contributed by atoms with Crippen molar-refractivity contribution >= 4 is 11.8 Å². The van der Waals surface area contributed by atoms with Gasteiger partial charge in [-0.2, -0.15) is 0 Å². The van der Waals surface area contributed by atoms with Crippen LogP contribution in [-0.2, 0) is 20.7 Å². The number of carbonyl (C=O) groups is 2. The minimum absolute atomic E-state index is 0.0612. The number of aromatic nitrogens is 1. The van der Waals surface area contributed by atoms with E-state index in [1.165, 1.54) is 12.1 Å². The summed E-state index contributed by atoms with van der Waals surface area (Å²) in [5.74, 6) is 0.126. The zero-order valence-corrected chi connectivity index (χ0v) is 16.2. The number of halogens is 1. The Bertz CT molecular complexity index is 803. The second-order valence-corrected chi connectivity index (χ2v) is 6.71. The first-order valence-electron chi connectivity index (χ1n) is 9.64. The molecule has 0 aliphatic carbocycles. The predicted molar refractivity (Wildman–Crippen MR) is 103 cm³/mol. The van der Waals surface area contributed by atoms with Crippen molar-refractivity contribution in [2.75, 3.05) is 45.9 Å². The molecule has 0 bridgehead atoms. The van der Waals surface area contributed by atoms with Crippen LogP contribution in [-0.4, -0.2) is 67.6 Å². The summed E-state index contributed by atoms with van der Waals surface area (Å²) < 4.78 is 23.8. The highest BCUT2D eigenvalue weighted by atomic mass is 19.1. The molecule has 0 spiro atoms. The van der Waals surface area contributed by atoms with Gasteiger partial charge in [0.2, 0.25) is 11.8 Å². The fraction of sp³-hybridized carbons (Fsp3) is 0.450. The molecule has 2 amide bonds. The van der Waals surface area contributed by atoms with Crippen LogP contribution in [0.1, 0.15) is 12.3 Å². The van der Waals surface area contributed by atoms with E-state index in [2.05, 4.69) is 20.5 Å². The quantitative estimate of drug-likeness (QED) is 0.647. The molecule has 2 N–H and O–H groups in total. The van der Waals surface area contributed by atoms with Gasteiger partial charge in [0.1, 0.15) is 5.82 Å². The molecule has 1 aliphatic rings. The molecule has 0 unspecified atom stereocenters. The highest BCUT2D eigenvalue weighted by Gasteiger charge is 2.12. The Morgan fingerprint density at radius 2 is 1.86 bits per heavy atom. The first kappa shape index (κ1) is 20.9. The van der Waals surface area contributed by atoms with Crippen molar-refractivity contribution < 1.29 is 23.1 Å². The molecule has 156 valence electrons. The van der Waals surface area contributed by atoms with Crippen LogP contribution < -0.4 is 10.6 Å². The highest BCUT2D eigenvalue weighted by Crippen LogP contribution is 2.21. The van der Waals surface area contributed by atoms with Gasteiger partial charge >= 0.3 is 0 Å². The van der Waals surface area contributed by atoms with Crippen LogP contribution in [0.2, 0.25) is 0 Å². The maximum absolute atomic E-state index is 13.0. The minimum Gasteiger partial charge on any atom is -0.441 e. The lowest BCUT2D eigenvalue weighted by Crippen LogP contribution is -2.43. The zero-order chi connectivity index (χ0) is 20.5. The van der Waals surface area contributed by atoms with Gasteiger partial charge in [-0.3, -0.25) is 14.5 Å². The Balaban J connectivity index is 1.31. The molecule has 2 heterocycles. The van der Waals surface area contributed by atoms with Gasteiger partial charge in [-0.05, 0) is 24.3 Å². The van der Waals surface area contributed by atoms with Crippen LogP contribution in [0.25, 0.3) is 11.3 Å². The van der Waals surface area contributed by atoms with Crippen molar-refractivity contribution in [1.82, 2.24) is 20.5 Å². The lowest BCUT2D eigenvalue weighted by molar-refractivity contribution is -0.126. The van der Waals surface area contributed by atoms with E-state index in [9.17, 15) is 14.0 Å². The SMILES string of the molecule is O=C(CCc1ncc(-c2ccc(F)cc2)o1)NCC(=O)NCCN1CCOCC1. The van der Waals surface area contributed by atoms with Crippen LogP contribution in [0.4, 0.5) is 4.39 Å². The molecule has 0 radical (unpaired) electrons. The van der Waals surface area contributed by atoms with Crippen molar-refractivity contribution in [3.8, 4) is 11.3 Å². The lowest BCUT2D eigenvalue weighted by Gasteiger charge is -2.26. The molecule has 2 aromatic rings. The van der Waals surface area contributed by atoms with E-state index < -0.39 is 0 Å². The number of carbonyl (C=O) groups excluding carboxylic acids is 2. The molecular weight excluding hydrogens is 379 g/mol.